The lowest BCUT2D eigenvalue weighted by atomic mass is 10.2. The topological polar surface area (TPSA) is 3.01 Å². The summed E-state index contributed by atoms with van der Waals surface area (Å²) in [6.07, 6.45) is 2.04. The molecule has 0 aliphatic heterocycles. The lowest BCUT2D eigenvalue weighted by Crippen LogP contribution is -2.06. The van der Waals surface area contributed by atoms with E-state index in [1.165, 1.54) is 0 Å². The molecule has 0 atom stereocenters. The van der Waals surface area contributed by atoms with E-state index in [9.17, 15) is 0 Å². The maximum atomic E-state index is 3.14. The SMILES string of the molecule is CSC(C#Cc1ccccc1)=[N+](C)C. The average molecular weight is 204 g/mol. The molecule has 1 aromatic carbocycles. The fourth-order valence-corrected chi connectivity index (χ4v) is 1.51. The zero-order valence-electron chi connectivity index (χ0n) is 8.74. The first-order chi connectivity index (χ1) is 6.74. The molecule has 0 aliphatic carbocycles. The van der Waals surface area contributed by atoms with Gasteiger partial charge >= 0.3 is 0 Å². The van der Waals surface area contributed by atoms with Crippen molar-refractivity contribution >= 4 is 16.8 Å². The van der Waals surface area contributed by atoms with Crippen LogP contribution in [0.5, 0.6) is 0 Å². The molecule has 0 aliphatic rings. The zero-order valence-corrected chi connectivity index (χ0v) is 9.56. The Bertz CT molecular complexity index is 378. The number of hydrogen-bond donors (Lipinski definition) is 0. The van der Waals surface area contributed by atoms with E-state index in [2.05, 4.69) is 11.8 Å². The molecule has 72 valence electrons. The van der Waals surface area contributed by atoms with E-state index in [1.807, 2.05) is 55.3 Å². The van der Waals surface area contributed by atoms with Crippen LogP contribution in [0, 0.1) is 11.8 Å². The number of rotatable bonds is 0. The Morgan fingerprint density at radius 1 is 1.21 bits per heavy atom. The lowest BCUT2D eigenvalue weighted by molar-refractivity contribution is -0.460. The van der Waals surface area contributed by atoms with Crippen molar-refractivity contribution in [2.24, 2.45) is 0 Å². The molecule has 2 heteroatoms. The summed E-state index contributed by atoms with van der Waals surface area (Å²) in [5.74, 6) is 6.27. The third-order valence-corrected chi connectivity index (χ3v) is 2.54. The first-order valence-electron chi connectivity index (χ1n) is 4.39. The summed E-state index contributed by atoms with van der Waals surface area (Å²) in [5, 5.41) is 1.08. The molecule has 0 N–H and O–H groups in total. The molecule has 0 heterocycles. The Morgan fingerprint density at radius 2 is 1.86 bits per heavy atom. The van der Waals surface area contributed by atoms with Crippen LogP contribution in [-0.2, 0) is 0 Å². The second-order valence-corrected chi connectivity index (χ2v) is 3.81. The summed E-state index contributed by atoms with van der Waals surface area (Å²) >= 11 is 1.67. The molecule has 0 unspecified atom stereocenters. The molecule has 0 radical (unpaired) electrons. The number of hydrogen-bond acceptors (Lipinski definition) is 1. The molecule has 0 spiro atoms. The summed E-state index contributed by atoms with van der Waals surface area (Å²) in [6.45, 7) is 0. The van der Waals surface area contributed by atoms with Gasteiger partial charge in [0.1, 0.15) is 14.1 Å². The minimum Gasteiger partial charge on any atom is -0.222 e. The van der Waals surface area contributed by atoms with Crippen molar-refractivity contribution in [3.05, 3.63) is 35.9 Å². The van der Waals surface area contributed by atoms with Crippen LogP contribution in [0.2, 0.25) is 0 Å². The largest absolute Gasteiger partial charge is 0.286 e. The van der Waals surface area contributed by atoms with E-state index in [0.717, 1.165) is 10.6 Å². The smallest absolute Gasteiger partial charge is 0.222 e. The van der Waals surface area contributed by atoms with Gasteiger partial charge in [0.15, 0.2) is 0 Å². The number of nitrogens with zero attached hydrogens (tertiary/aromatic N) is 1. The fraction of sp³-hybridized carbons (Fsp3) is 0.250. The standard InChI is InChI=1S/C12H14NS/c1-13(2)12(14-3)10-9-11-7-5-4-6-8-11/h4-8H,1-3H3/q+1. The first kappa shape index (κ1) is 10.9. The van der Waals surface area contributed by atoms with Gasteiger partial charge in [-0.25, -0.2) is 4.58 Å². The van der Waals surface area contributed by atoms with Gasteiger partial charge in [0.25, 0.3) is 5.04 Å². The second kappa shape index (κ2) is 5.51. The highest BCUT2D eigenvalue weighted by atomic mass is 32.2. The molecule has 1 nitrogen and oxygen atoms in total. The summed E-state index contributed by atoms with van der Waals surface area (Å²) < 4.78 is 2.03. The van der Waals surface area contributed by atoms with Gasteiger partial charge in [-0.15, -0.1) is 0 Å². The normalized spacial score (nSPS) is 8.79. The van der Waals surface area contributed by atoms with E-state index >= 15 is 0 Å². The Kier molecular flexibility index (Phi) is 4.28. The summed E-state index contributed by atoms with van der Waals surface area (Å²) in [5.41, 5.74) is 1.06. The fourth-order valence-electron chi connectivity index (χ4n) is 0.993. The van der Waals surface area contributed by atoms with E-state index in [0.29, 0.717) is 0 Å². The summed E-state index contributed by atoms with van der Waals surface area (Å²) in [4.78, 5) is 0. The molecule has 0 amide bonds. The minimum absolute atomic E-state index is 1.06. The molecule has 0 bridgehead atoms. The maximum Gasteiger partial charge on any atom is 0.286 e. The van der Waals surface area contributed by atoms with E-state index < -0.39 is 0 Å². The van der Waals surface area contributed by atoms with Gasteiger partial charge in [0.2, 0.25) is 0 Å². The predicted octanol–water partition coefficient (Wildman–Crippen LogP) is 2.07. The molecule has 1 aromatic rings. The summed E-state index contributed by atoms with van der Waals surface area (Å²) in [6, 6.07) is 10.0. The van der Waals surface area contributed by atoms with Gasteiger partial charge in [-0.1, -0.05) is 35.9 Å². The number of thioether (sulfide) groups is 1. The summed E-state index contributed by atoms with van der Waals surface area (Å²) in [7, 11) is 4.01. The monoisotopic (exact) mass is 204 g/mol. The Balaban J connectivity index is 2.88. The predicted molar refractivity (Wildman–Crippen MR) is 64.0 cm³/mol. The van der Waals surface area contributed by atoms with Crippen molar-refractivity contribution in [2.75, 3.05) is 20.4 Å². The highest BCUT2D eigenvalue weighted by Crippen LogP contribution is 1.98. The van der Waals surface area contributed by atoms with Crippen LogP contribution >= 0.6 is 11.8 Å². The Morgan fingerprint density at radius 3 is 2.36 bits per heavy atom. The Labute approximate surface area is 89.8 Å². The maximum absolute atomic E-state index is 3.14. The molecular formula is C12H14NS+. The van der Waals surface area contributed by atoms with Gasteiger partial charge in [0, 0.05) is 11.5 Å². The highest BCUT2D eigenvalue weighted by molar-refractivity contribution is 8.13. The van der Waals surface area contributed by atoms with Crippen molar-refractivity contribution in [3.8, 4) is 11.8 Å². The van der Waals surface area contributed by atoms with Crippen LogP contribution in [0.15, 0.2) is 30.3 Å². The van der Waals surface area contributed by atoms with Crippen LogP contribution in [0.3, 0.4) is 0 Å². The van der Waals surface area contributed by atoms with Crippen molar-refractivity contribution in [2.45, 2.75) is 0 Å². The molecule has 0 saturated heterocycles. The van der Waals surface area contributed by atoms with Gasteiger partial charge in [-0.05, 0) is 18.4 Å². The van der Waals surface area contributed by atoms with Crippen molar-refractivity contribution in [1.82, 2.24) is 0 Å². The molecule has 0 saturated carbocycles. The third kappa shape index (κ3) is 3.27. The number of benzene rings is 1. The van der Waals surface area contributed by atoms with Gasteiger partial charge in [-0.3, -0.25) is 0 Å². The van der Waals surface area contributed by atoms with Crippen LogP contribution in [0.25, 0.3) is 0 Å². The lowest BCUT2D eigenvalue weighted by Gasteiger charge is -1.90. The van der Waals surface area contributed by atoms with E-state index in [4.69, 9.17) is 0 Å². The molecule has 0 aromatic heterocycles. The third-order valence-electron chi connectivity index (χ3n) is 1.69. The first-order valence-corrected chi connectivity index (χ1v) is 5.62. The zero-order chi connectivity index (χ0) is 10.4. The van der Waals surface area contributed by atoms with Crippen molar-refractivity contribution in [3.63, 3.8) is 0 Å². The molecule has 1 rings (SSSR count). The van der Waals surface area contributed by atoms with E-state index in [1.54, 1.807) is 11.8 Å². The van der Waals surface area contributed by atoms with Crippen molar-refractivity contribution in [1.29, 1.82) is 0 Å². The van der Waals surface area contributed by atoms with Gasteiger partial charge < -0.3 is 0 Å². The second-order valence-electron chi connectivity index (χ2n) is 3.02. The molecule has 14 heavy (non-hydrogen) atoms. The van der Waals surface area contributed by atoms with Gasteiger partial charge in [0.05, 0.1) is 0 Å². The molecular weight excluding hydrogens is 190 g/mol. The van der Waals surface area contributed by atoms with Gasteiger partial charge in [-0.2, -0.15) is 0 Å². The van der Waals surface area contributed by atoms with Crippen LogP contribution in [-0.4, -0.2) is 30.0 Å². The van der Waals surface area contributed by atoms with E-state index in [-0.39, 0.29) is 0 Å². The van der Waals surface area contributed by atoms with Crippen LogP contribution in [0.4, 0.5) is 0 Å². The Hall–Kier alpha value is -1.20. The quantitative estimate of drug-likeness (QED) is 0.270. The van der Waals surface area contributed by atoms with Crippen LogP contribution < -0.4 is 0 Å². The minimum atomic E-state index is 1.06. The average Bonchev–Trinajstić information content (AvgIpc) is 2.20. The molecule has 0 fully saturated rings. The highest BCUT2D eigenvalue weighted by Gasteiger charge is 1.99. The van der Waals surface area contributed by atoms with Crippen molar-refractivity contribution < 1.29 is 4.58 Å². The van der Waals surface area contributed by atoms with Crippen LogP contribution in [0.1, 0.15) is 5.56 Å².